The zero-order valence-electron chi connectivity index (χ0n) is 13.5. The van der Waals surface area contributed by atoms with Gasteiger partial charge in [-0.3, -0.25) is 0 Å². The Morgan fingerprint density at radius 3 is 2.39 bits per heavy atom. The molecule has 1 aliphatic carbocycles. The zero-order chi connectivity index (χ0) is 15.8. The quantitative estimate of drug-likeness (QED) is 0.508. The minimum Gasteiger partial charge on any atom is -0.136 e. The summed E-state index contributed by atoms with van der Waals surface area (Å²) in [6, 6.07) is 21.9. The van der Waals surface area contributed by atoms with Crippen LogP contribution in [-0.2, 0) is 6.42 Å². The van der Waals surface area contributed by atoms with Crippen molar-refractivity contribution in [2.24, 2.45) is 0 Å². The van der Waals surface area contributed by atoms with Crippen LogP contribution in [-0.4, -0.2) is 0 Å². The van der Waals surface area contributed by atoms with Crippen LogP contribution in [0, 0.1) is 0 Å². The molecule has 1 aliphatic rings. The van der Waals surface area contributed by atoms with Crippen LogP contribution >= 0.6 is 11.3 Å². The molecule has 0 saturated carbocycles. The van der Waals surface area contributed by atoms with E-state index in [-0.39, 0.29) is 0 Å². The molecule has 0 nitrogen and oxygen atoms in total. The summed E-state index contributed by atoms with van der Waals surface area (Å²) < 4.78 is 0. The van der Waals surface area contributed by atoms with Crippen molar-refractivity contribution in [3.8, 4) is 10.4 Å². The molecule has 1 heteroatoms. The molecule has 0 bridgehead atoms. The van der Waals surface area contributed by atoms with Gasteiger partial charge in [-0.05, 0) is 58.4 Å². The van der Waals surface area contributed by atoms with Gasteiger partial charge in [0.1, 0.15) is 0 Å². The van der Waals surface area contributed by atoms with E-state index in [4.69, 9.17) is 0 Å². The fourth-order valence-corrected chi connectivity index (χ4v) is 4.35. The smallest absolute Gasteiger partial charge is 0.0349 e. The lowest BCUT2D eigenvalue weighted by Crippen LogP contribution is -1.93. The highest BCUT2D eigenvalue weighted by atomic mass is 32.1. The van der Waals surface area contributed by atoms with Crippen LogP contribution in [0.3, 0.4) is 0 Å². The third-order valence-corrected chi connectivity index (χ3v) is 5.74. The number of thiophene rings is 1. The van der Waals surface area contributed by atoms with Crippen molar-refractivity contribution < 1.29 is 0 Å². The van der Waals surface area contributed by atoms with Gasteiger partial charge in [-0.25, -0.2) is 0 Å². The minimum absolute atomic E-state index is 0.573. The zero-order valence-corrected chi connectivity index (χ0v) is 14.4. The van der Waals surface area contributed by atoms with Gasteiger partial charge in [0.25, 0.3) is 0 Å². The first kappa shape index (κ1) is 14.5. The summed E-state index contributed by atoms with van der Waals surface area (Å²) in [5.41, 5.74) is 7.16. The van der Waals surface area contributed by atoms with Gasteiger partial charge >= 0.3 is 0 Å². The first-order chi connectivity index (χ1) is 11.2. The Morgan fingerprint density at radius 2 is 1.61 bits per heavy atom. The van der Waals surface area contributed by atoms with Crippen LogP contribution in [0.5, 0.6) is 0 Å². The van der Waals surface area contributed by atoms with E-state index < -0.39 is 0 Å². The second kappa shape index (κ2) is 5.82. The summed E-state index contributed by atoms with van der Waals surface area (Å²) in [7, 11) is 0. The third kappa shape index (κ3) is 2.66. The van der Waals surface area contributed by atoms with Gasteiger partial charge in [0.2, 0.25) is 0 Å². The summed E-state index contributed by atoms with van der Waals surface area (Å²) in [4.78, 5) is 2.75. The predicted molar refractivity (Wildman–Crippen MR) is 102 cm³/mol. The molecule has 0 spiro atoms. The van der Waals surface area contributed by atoms with Crippen molar-refractivity contribution in [3.05, 3.63) is 82.2 Å². The molecule has 0 aliphatic heterocycles. The van der Waals surface area contributed by atoms with Gasteiger partial charge in [0, 0.05) is 9.75 Å². The van der Waals surface area contributed by atoms with E-state index in [2.05, 4.69) is 80.6 Å². The highest BCUT2D eigenvalue weighted by molar-refractivity contribution is 7.16. The molecule has 0 saturated heterocycles. The average molecular weight is 316 g/mol. The van der Waals surface area contributed by atoms with E-state index in [1.807, 2.05) is 11.3 Å². The van der Waals surface area contributed by atoms with Crippen LogP contribution in [0.1, 0.15) is 41.3 Å². The van der Waals surface area contributed by atoms with Crippen molar-refractivity contribution in [1.29, 1.82) is 0 Å². The fraction of sp³-hybridized carbons (Fsp3) is 0.182. The van der Waals surface area contributed by atoms with Crippen molar-refractivity contribution in [2.45, 2.75) is 26.2 Å². The first-order valence-corrected chi connectivity index (χ1v) is 9.02. The Morgan fingerprint density at radius 1 is 0.826 bits per heavy atom. The number of hydrogen-bond acceptors (Lipinski definition) is 1. The molecular formula is C22H20S. The van der Waals surface area contributed by atoms with E-state index in [0.29, 0.717) is 5.92 Å². The number of hydrogen-bond donors (Lipinski definition) is 0. The Bertz CT molecular complexity index is 866. The van der Waals surface area contributed by atoms with Gasteiger partial charge in [-0.15, -0.1) is 11.3 Å². The molecule has 23 heavy (non-hydrogen) atoms. The normalized spacial score (nSPS) is 13.3. The molecule has 3 aromatic rings. The van der Waals surface area contributed by atoms with E-state index in [9.17, 15) is 0 Å². The highest BCUT2D eigenvalue weighted by Crippen LogP contribution is 2.39. The summed E-state index contributed by atoms with van der Waals surface area (Å²) >= 11 is 1.90. The second-order valence-electron chi connectivity index (χ2n) is 6.45. The lowest BCUT2D eigenvalue weighted by molar-refractivity contribution is 0.862. The Hall–Kier alpha value is -2.12. The van der Waals surface area contributed by atoms with Crippen LogP contribution in [0.4, 0.5) is 0 Å². The Labute approximate surface area is 142 Å². The highest BCUT2D eigenvalue weighted by Gasteiger charge is 2.19. The topological polar surface area (TPSA) is 0 Å². The van der Waals surface area contributed by atoms with Crippen molar-refractivity contribution in [2.75, 3.05) is 0 Å². The summed E-state index contributed by atoms with van der Waals surface area (Å²) in [6.07, 6.45) is 3.47. The molecule has 2 aromatic carbocycles. The molecule has 0 fully saturated rings. The maximum absolute atomic E-state index is 2.41. The first-order valence-electron chi connectivity index (χ1n) is 8.20. The summed E-state index contributed by atoms with van der Waals surface area (Å²) in [5.74, 6) is 0.573. The molecule has 1 heterocycles. The Kier molecular flexibility index (Phi) is 3.66. The number of rotatable bonds is 3. The van der Waals surface area contributed by atoms with Gasteiger partial charge in [0.15, 0.2) is 0 Å². The number of benzene rings is 2. The average Bonchev–Trinajstić information content (AvgIpc) is 3.21. The van der Waals surface area contributed by atoms with Gasteiger partial charge < -0.3 is 0 Å². The van der Waals surface area contributed by atoms with Crippen LogP contribution in [0.15, 0.2) is 60.7 Å². The molecule has 0 amide bonds. The molecular weight excluding hydrogens is 296 g/mol. The van der Waals surface area contributed by atoms with E-state index in [1.54, 1.807) is 0 Å². The van der Waals surface area contributed by atoms with Crippen molar-refractivity contribution in [3.63, 3.8) is 0 Å². The van der Waals surface area contributed by atoms with E-state index in [1.165, 1.54) is 37.6 Å². The van der Waals surface area contributed by atoms with E-state index in [0.717, 1.165) is 6.42 Å². The molecule has 4 rings (SSSR count). The lowest BCUT2D eigenvalue weighted by Gasteiger charge is -2.10. The van der Waals surface area contributed by atoms with Crippen LogP contribution < -0.4 is 0 Å². The van der Waals surface area contributed by atoms with Crippen molar-refractivity contribution in [1.82, 2.24) is 0 Å². The Balaban J connectivity index is 1.69. The lowest BCUT2D eigenvalue weighted by atomic mass is 9.95. The maximum Gasteiger partial charge on any atom is 0.0349 e. The maximum atomic E-state index is 2.41. The second-order valence-corrected chi connectivity index (χ2v) is 7.53. The van der Waals surface area contributed by atoms with Crippen LogP contribution in [0.25, 0.3) is 22.1 Å². The number of allylic oxidation sites excluding steroid dienone is 1. The number of fused-ring (bicyclic) bond motifs is 1. The van der Waals surface area contributed by atoms with Gasteiger partial charge in [-0.1, -0.05) is 62.4 Å². The molecule has 1 aromatic heterocycles. The van der Waals surface area contributed by atoms with Gasteiger partial charge in [0.05, 0.1) is 0 Å². The molecule has 0 N–H and O–H groups in total. The van der Waals surface area contributed by atoms with Gasteiger partial charge in [-0.2, -0.15) is 0 Å². The monoisotopic (exact) mass is 316 g/mol. The predicted octanol–water partition coefficient (Wildman–Crippen LogP) is 6.64. The standard InChI is InChI=1S/C22H20S/c1-15(2)19-10-6-9-17-13-18(14-20(17)19)22-12-11-21(23-22)16-7-4-3-5-8-16/h3-12,14-15H,13H2,1-2H3. The molecule has 114 valence electrons. The largest absolute Gasteiger partial charge is 0.136 e. The molecule has 0 radical (unpaired) electrons. The minimum atomic E-state index is 0.573. The SMILES string of the molecule is CC(C)c1cccc2c1C=C(c1ccc(-c3ccccc3)s1)C2. The van der Waals surface area contributed by atoms with E-state index >= 15 is 0 Å². The summed E-state index contributed by atoms with van der Waals surface area (Å²) in [6.45, 7) is 4.56. The van der Waals surface area contributed by atoms with Crippen LogP contribution in [0.2, 0.25) is 0 Å². The fourth-order valence-electron chi connectivity index (χ4n) is 3.32. The third-order valence-electron chi connectivity index (χ3n) is 4.53. The summed E-state index contributed by atoms with van der Waals surface area (Å²) in [5, 5.41) is 0. The molecule has 0 unspecified atom stereocenters. The van der Waals surface area contributed by atoms with Crippen molar-refractivity contribution >= 4 is 23.0 Å². The molecule has 0 atom stereocenters.